The number of hydrogen-bond donors (Lipinski definition) is 1. The van der Waals surface area contributed by atoms with Crippen LogP contribution in [0.5, 0.6) is 0 Å². The van der Waals surface area contributed by atoms with Gasteiger partial charge in [0.2, 0.25) is 10.0 Å². The second-order valence-electron chi connectivity index (χ2n) is 6.18. The molecule has 5 nitrogen and oxygen atoms in total. The average molecular weight is 334 g/mol. The van der Waals surface area contributed by atoms with E-state index in [1.165, 1.54) is 10.6 Å². The average Bonchev–Trinajstić information content (AvgIpc) is 2.80. The topological polar surface area (TPSA) is 62.3 Å². The first-order valence-corrected chi connectivity index (χ1v) is 9.98. The first-order chi connectivity index (χ1) is 9.64. The first kappa shape index (κ1) is 18.5. The molecule has 7 heteroatoms. The lowest BCUT2D eigenvalue weighted by Crippen LogP contribution is -2.32. The molecule has 0 unspecified atom stereocenters. The van der Waals surface area contributed by atoms with Crippen molar-refractivity contribution >= 4 is 21.4 Å². The second-order valence-corrected chi connectivity index (χ2v) is 9.02. The molecule has 0 aliphatic carbocycles. The molecular formula is C14H27N3O2S2. The van der Waals surface area contributed by atoms with Gasteiger partial charge in [-0.2, -0.15) is 0 Å². The van der Waals surface area contributed by atoms with Gasteiger partial charge in [-0.05, 0) is 13.0 Å². The molecule has 0 atom stereocenters. The number of nitrogens with one attached hydrogen (secondary N) is 1. The van der Waals surface area contributed by atoms with Crippen molar-refractivity contribution < 1.29 is 8.42 Å². The number of aromatic nitrogens is 1. The maximum atomic E-state index is 11.4. The predicted molar refractivity (Wildman–Crippen MR) is 89.2 cm³/mol. The minimum absolute atomic E-state index is 0.0973. The van der Waals surface area contributed by atoms with E-state index in [2.05, 4.69) is 36.5 Å². The number of sulfonamides is 1. The SMILES string of the molecule is CCN(CCCNCc1csc(C(C)(C)C)n1)S(C)(=O)=O. The van der Waals surface area contributed by atoms with Crippen molar-refractivity contribution in [2.45, 2.75) is 46.1 Å². The molecule has 1 aromatic heterocycles. The van der Waals surface area contributed by atoms with Gasteiger partial charge < -0.3 is 5.32 Å². The van der Waals surface area contributed by atoms with Crippen LogP contribution in [0, 0.1) is 0 Å². The standard InChI is InChI=1S/C14H27N3O2S2/c1-6-17(21(5,18)19)9-7-8-15-10-12-11-20-13(16-12)14(2,3)4/h11,15H,6-10H2,1-5H3. The monoisotopic (exact) mass is 333 g/mol. The smallest absolute Gasteiger partial charge is 0.211 e. The molecule has 0 saturated heterocycles. The molecule has 0 radical (unpaired) electrons. The van der Waals surface area contributed by atoms with Crippen LogP contribution in [0.15, 0.2) is 5.38 Å². The quantitative estimate of drug-likeness (QED) is 0.741. The van der Waals surface area contributed by atoms with Gasteiger partial charge in [0, 0.05) is 30.4 Å². The Hall–Kier alpha value is -0.500. The van der Waals surface area contributed by atoms with Crippen LogP contribution in [0.25, 0.3) is 0 Å². The van der Waals surface area contributed by atoms with Crippen molar-refractivity contribution in [1.29, 1.82) is 0 Å². The minimum atomic E-state index is -3.07. The van der Waals surface area contributed by atoms with Gasteiger partial charge in [0.05, 0.1) is 17.0 Å². The van der Waals surface area contributed by atoms with Gasteiger partial charge in [-0.15, -0.1) is 11.3 Å². The molecular weight excluding hydrogens is 306 g/mol. The maximum absolute atomic E-state index is 11.4. The Morgan fingerprint density at radius 3 is 2.52 bits per heavy atom. The molecule has 122 valence electrons. The molecule has 0 aliphatic rings. The van der Waals surface area contributed by atoms with Crippen molar-refractivity contribution in [3.8, 4) is 0 Å². The van der Waals surface area contributed by atoms with Crippen molar-refractivity contribution in [3.05, 3.63) is 16.1 Å². The van der Waals surface area contributed by atoms with Crippen LogP contribution >= 0.6 is 11.3 Å². The van der Waals surface area contributed by atoms with Crippen LogP contribution < -0.4 is 5.32 Å². The molecule has 1 N–H and O–H groups in total. The van der Waals surface area contributed by atoms with Gasteiger partial charge in [-0.1, -0.05) is 27.7 Å². The summed E-state index contributed by atoms with van der Waals surface area (Å²) in [6, 6.07) is 0. The Kier molecular flexibility index (Phi) is 6.77. The van der Waals surface area contributed by atoms with Crippen LogP contribution in [0.1, 0.15) is 44.8 Å². The third-order valence-electron chi connectivity index (χ3n) is 3.08. The summed E-state index contributed by atoms with van der Waals surface area (Å²) in [5.74, 6) is 0. The predicted octanol–water partition coefficient (Wildman–Crippen LogP) is 2.20. The maximum Gasteiger partial charge on any atom is 0.211 e. The zero-order valence-corrected chi connectivity index (χ0v) is 15.3. The molecule has 1 heterocycles. The van der Waals surface area contributed by atoms with E-state index in [4.69, 9.17) is 0 Å². The van der Waals surface area contributed by atoms with E-state index < -0.39 is 10.0 Å². The van der Waals surface area contributed by atoms with Gasteiger partial charge in [0.15, 0.2) is 0 Å². The molecule has 0 amide bonds. The van der Waals surface area contributed by atoms with Gasteiger partial charge in [0.25, 0.3) is 0 Å². The molecule has 21 heavy (non-hydrogen) atoms. The zero-order chi connectivity index (χ0) is 16.1. The highest BCUT2D eigenvalue weighted by Gasteiger charge is 2.17. The summed E-state index contributed by atoms with van der Waals surface area (Å²) in [7, 11) is -3.07. The third kappa shape index (κ3) is 6.42. The number of thiazole rings is 1. The number of rotatable bonds is 8. The Labute approximate surface area is 132 Å². The molecule has 0 spiro atoms. The Balaban J connectivity index is 2.30. The summed E-state index contributed by atoms with van der Waals surface area (Å²) < 4.78 is 24.4. The van der Waals surface area contributed by atoms with Gasteiger partial charge in [0.1, 0.15) is 0 Å². The molecule has 0 saturated carbocycles. The van der Waals surface area contributed by atoms with Crippen LogP contribution in [-0.2, 0) is 22.0 Å². The molecule has 0 bridgehead atoms. The summed E-state index contributed by atoms with van der Waals surface area (Å²) in [4.78, 5) is 4.62. The highest BCUT2D eigenvalue weighted by Crippen LogP contribution is 2.25. The normalized spacial score (nSPS) is 13.0. The fraction of sp³-hybridized carbons (Fsp3) is 0.786. The Morgan fingerprint density at radius 1 is 1.38 bits per heavy atom. The molecule has 0 fully saturated rings. The van der Waals surface area contributed by atoms with Crippen LogP contribution in [-0.4, -0.2) is 43.6 Å². The van der Waals surface area contributed by atoms with E-state index >= 15 is 0 Å². The van der Waals surface area contributed by atoms with E-state index in [0.717, 1.165) is 30.2 Å². The fourth-order valence-corrected chi connectivity index (χ4v) is 3.72. The number of nitrogens with zero attached hydrogens (tertiary/aromatic N) is 2. The summed E-state index contributed by atoms with van der Waals surface area (Å²) in [5, 5.41) is 6.55. The van der Waals surface area contributed by atoms with E-state index in [9.17, 15) is 8.42 Å². The lowest BCUT2D eigenvalue weighted by atomic mass is 9.98. The molecule has 0 aromatic carbocycles. The molecule has 1 rings (SSSR count). The van der Waals surface area contributed by atoms with Crippen LogP contribution in [0.2, 0.25) is 0 Å². The van der Waals surface area contributed by atoms with Gasteiger partial charge in [-0.3, -0.25) is 0 Å². The number of hydrogen-bond acceptors (Lipinski definition) is 5. The lowest BCUT2D eigenvalue weighted by molar-refractivity contribution is 0.419. The van der Waals surface area contributed by atoms with E-state index in [1.807, 2.05) is 6.92 Å². The lowest BCUT2D eigenvalue weighted by Gasteiger charge is -2.17. The van der Waals surface area contributed by atoms with Gasteiger partial charge >= 0.3 is 0 Å². The summed E-state index contributed by atoms with van der Waals surface area (Å²) >= 11 is 1.69. The molecule has 1 aromatic rings. The van der Waals surface area contributed by atoms with Crippen molar-refractivity contribution in [2.24, 2.45) is 0 Å². The van der Waals surface area contributed by atoms with Crippen LogP contribution in [0.3, 0.4) is 0 Å². The summed E-state index contributed by atoms with van der Waals surface area (Å²) in [5.41, 5.74) is 1.15. The van der Waals surface area contributed by atoms with Crippen LogP contribution in [0.4, 0.5) is 0 Å². The third-order valence-corrected chi connectivity index (χ3v) is 5.78. The van der Waals surface area contributed by atoms with Crippen molar-refractivity contribution in [2.75, 3.05) is 25.9 Å². The Morgan fingerprint density at radius 2 is 2.05 bits per heavy atom. The van der Waals surface area contributed by atoms with Gasteiger partial charge in [-0.25, -0.2) is 17.7 Å². The van der Waals surface area contributed by atoms with Crippen molar-refractivity contribution in [1.82, 2.24) is 14.6 Å². The Bertz CT molecular complexity index is 533. The second kappa shape index (κ2) is 7.67. The van der Waals surface area contributed by atoms with Crippen molar-refractivity contribution in [3.63, 3.8) is 0 Å². The highest BCUT2D eigenvalue weighted by molar-refractivity contribution is 7.88. The van der Waals surface area contributed by atoms with E-state index in [0.29, 0.717) is 13.1 Å². The van der Waals surface area contributed by atoms with E-state index in [1.54, 1.807) is 11.3 Å². The summed E-state index contributed by atoms with van der Waals surface area (Å²) in [6.07, 6.45) is 2.06. The largest absolute Gasteiger partial charge is 0.311 e. The minimum Gasteiger partial charge on any atom is -0.311 e. The first-order valence-electron chi connectivity index (χ1n) is 7.25. The van der Waals surface area contributed by atoms with E-state index in [-0.39, 0.29) is 5.41 Å². The highest BCUT2D eigenvalue weighted by atomic mass is 32.2. The molecule has 0 aliphatic heterocycles. The fourth-order valence-electron chi connectivity index (χ4n) is 1.89. The zero-order valence-electron chi connectivity index (χ0n) is 13.6. The summed E-state index contributed by atoms with van der Waals surface area (Å²) in [6.45, 7) is 10.9.